The topological polar surface area (TPSA) is 46.3 Å². The van der Waals surface area contributed by atoms with Gasteiger partial charge in [-0.2, -0.15) is 0 Å². The first-order valence-electron chi connectivity index (χ1n) is 4.34. The molecule has 0 radical (unpaired) electrons. The maximum absolute atomic E-state index is 9.20. The quantitative estimate of drug-likeness (QED) is 0.912. The van der Waals surface area contributed by atoms with Crippen molar-refractivity contribution >= 4 is 39.1 Å². The molecule has 16 heavy (non-hydrogen) atoms. The maximum atomic E-state index is 9.20. The molecule has 0 fully saturated rings. The molecule has 1 aromatic carbocycles. The van der Waals surface area contributed by atoms with Crippen molar-refractivity contribution < 1.29 is 9.63 Å². The van der Waals surface area contributed by atoms with Gasteiger partial charge in [0.15, 0.2) is 0 Å². The summed E-state index contributed by atoms with van der Waals surface area (Å²) in [6.45, 7) is -0.182. The molecule has 1 N–H and O–H groups in total. The summed E-state index contributed by atoms with van der Waals surface area (Å²) in [4.78, 5) is 0. The van der Waals surface area contributed by atoms with Crippen LogP contribution in [0.4, 0.5) is 0 Å². The van der Waals surface area contributed by atoms with Crippen molar-refractivity contribution in [1.29, 1.82) is 0 Å². The molecule has 0 amide bonds. The maximum Gasteiger partial charge on any atom is 0.208 e. The van der Waals surface area contributed by atoms with Gasteiger partial charge in [-0.25, -0.2) is 0 Å². The van der Waals surface area contributed by atoms with Crippen LogP contribution in [0.25, 0.3) is 11.3 Å². The first kappa shape index (κ1) is 11.9. The minimum atomic E-state index is -0.182. The summed E-state index contributed by atoms with van der Waals surface area (Å²) in [6, 6.07) is 5.04. The Morgan fingerprint density at radius 2 is 2.12 bits per heavy atom. The highest BCUT2D eigenvalue weighted by molar-refractivity contribution is 9.10. The van der Waals surface area contributed by atoms with Gasteiger partial charge in [0, 0.05) is 10.6 Å². The highest BCUT2D eigenvalue weighted by Gasteiger charge is 2.17. The number of aliphatic hydroxyl groups is 1. The van der Waals surface area contributed by atoms with Gasteiger partial charge in [-0.05, 0) is 34.1 Å². The zero-order chi connectivity index (χ0) is 11.7. The van der Waals surface area contributed by atoms with Crippen LogP contribution in [-0.4, -0.2) is 10.3 Å². The third-order valence-corrected chi connectivity index (χ3v) is 3.26. The Bertz CT molecular complexity index is 528. The average Bonchev–Trinajstić information content (AvgIpc) is 2.59. The molecule has 1 heterocycles. The number of benzene rings is 1. The average molecular weight is 323 g/mol. The van der Waals surface area contributed by atoms with Crippen LogP contribution < -0.4 is 0 Å². The number of hydrogen-bond donors (Lipinski definition) is 1. The summed E-state index contributed by atoms with van der Waals surface area (Å²) < 4.78 is 5.34. The molecule has 6 heteroatoms. The number of nitrogens with zero attached hydrogens (tertiary/aromatic N) is 1. The number of hydrogen-bond acceptors (Lipinski definition) is 3. The molecule has 0 unspecified atom stereocenters. The van der Waals surface area contributed by atoms with Gasteiger partial charge in [0.05, 0.1) is 17.2 Å². The Hall–Kier alpha value is -0.550. The van der Waals surface area contributed by atoms with E-state index >= 15 is 0 Å². The Balaban J connectivity index is 2.58. The van der Waals surface area contributed by atoms with Crippen molar-refractivity contribution in [3.8, 4) is 11.3 Å². The summed E-state index contributed by atoms with van der Waals surface area (Å²) in [5, 5.41) is 14.0. The van der Waals surface area contributed by atoms with Crippen molar-refractivity contribution in [1.82, 2.24) is 5.16 Å². The largest absolute Gasteiger partial charge is 0.391 e. The fourth-order valence-electron chi connectivity index (χ4n) is 1.32. The van der Waals surface area contributed by atoms with E-state index in [2.05, 4.69) is 21.1 Å². The smallest absolute Gasteiger partial charge is 0.208 e. The lowest BCUT2D eigenvalue weighted by Gasteiger charge is -2.02. The van der Waals surface area contributed by atoms with E-state index in [0.717, 1.165) is 0 Å². The van der Waals surface area contributed by atoms with Crippen LogP contribution in [0.15, 0.2) is 27.4 Å². The summed E-state index contributed by atoms with van der Waals surface area (Å²) in [5.74, 6) is 0. The third kappa shape index (κ3) is 2.11. The van der Waals surface area contributed by atoms with Crippen LogP contribution in [0.1, 0.15) is 5.56 Å². The molecule has 0 saturated carbocycles. The molecular formula is C10H6BrCl2NO2. The highest BCUT2D eigenvalue weighted by Crippen LogP contribution is 2.34. The summed E-state index contributed by atoms with van der Waals surface area (Å²) in [6.07, 6.45) is 0. The Kier molecular flexibility index (Phi) is 3.54. The van der Waals surface area contributed by atoms with Crippen LogP contribution in [-0.2, 0) is 6.61 Å². The molecule has 2 rings (SSSR count). The summed E-state index contributed by atoms with van der Waals surface area (Å²) >= 11 is 15.0. The van der Waals surface area contributed by atoms with E-state index in [1.807, 2.05) is 0 Å². The molecule has 3 nitrogen and oxygen atoms in total. The highest BCUT2D eigenvalue weighted by atomic mass is 79.9. The molecule has 0 bridgehead atoms. The molecule has 0 atom stereocenters. The minimum Gasteiger partial charge on any atom is -0.391 e. The molecular weight excluding hydrogens is 317 g/mol. The molecule has 0 spiro atoms. The number of aliphatic hydroxyl groups excluding tert-OH is 1. The van der Waals surface area contributed by atoms with E-state index in [1.165, 1.54) is 0 Å². The second-order valence-electron chi connectivity index (χ2n) is 3.07. The second-order valence-corrected chi connectivity index (χ2v) is 4.63. The Morgan fingerprint density at radius 1 is 1.38 bits per heavy atom. The first-order chi connectivity index (χ1) is 7.63. The SMILES string of the molecule is OCc1c(-c2ccc(Cl)cc2Cl)noc1Br. The number of halogens is 3. The monoisotopic (exact) mass is 321 g/mol. The van der Waals surface area contributed by atoms with Crippen molar-refractivity contribution in [2.24, 2.45) is 0 Å². The van der Waals surface area contributed by atoms with Crippen LogP contribution in [0.3, 0.4) is 0 Å². The van der Waals surface area contributed by atoms with Crippen LogP contribution in [0, 0.1) is 0 Å². The normalized spacial score (nSPS) is 10.8. The van der Waals surface area contributed by atoms with E-state index in [1.54, 1.807) is 18.2 Å². The summed E-state index contributed by atoms with van der Waals surface area (Å²) in [7, 11) is 0. The second kappa shape index (κ2) is 4.75. The van der Waals surface area contributed by atoms with Gasteiger partial charge in [0.1, 0.15) is 5.69 Å². The Morgan fingerprint density at radius 3 is 2.75 bits per heavy atom. The molecule has 0 aliphatic heterocycles. The van der Waals surface area contributed by atoms with Gasteiger partial charge in [0.25, 0.3) is 0 Å². The predicted octanol–water partition coefficient (Wildman–Crippen LogP) is 3.90. The van der Waals surface area contributed by atoms with Crippen molar-refractivity contribution in [2.75, 3.05) is 0 Å². The van der Waals surface area contributed by atoms with Gasteiger partial charge in [-0.1, -0.05) is 28.4 Å². The van der Waals surface area contributed by atoms with Gasteiger partial charge >= 0.3 is 0 Å². The van der Waals surface area contributed by atoms with Crippen LogP contribution in [0.2, 0.25) is 10.0 Å². The standard InChI is InChI=1S/C10H6BrCl2NO2/c11-10-7(4-15)9(14-16-10)6-2-1-5(12)3-8(6)13/h1-3,15H,4H2. The van der Waals surface area contributed by atoms with Crippen molar-refractivity contribution in [2.45, 2.75) is 6.61 Å². The van der Waals surface area contributed by atoms with Gasteiger partial charge in [0.2, 0.25) is 4.67 Å². The lowest BCUT2D eigenvalue weighted by Crippen LogP contribution is -1.87. The van der Waals surface area contributed by atoms with Crippen LogP contribution >= 0.6 is 39.1 Å². The fourth-order valence-corrected chi connectivity index (χ4v) is 2.20. The lowest BCUT2D eigenvalue weighted by atomic mass is 10.1. The van der Waals surface area contributed by atoms with Crippen molar-refractivity contribution in [3.63, 3.8) is 0 Å². The lowest BCUT2D eigenvalue weighted by molar-refractivity contribution is 0.278. The van der Waals surface area contributed by atoms with E-state index in [9.17, 15) is 5.11 Å². The van der Waals surface area contributed by atoms with E-state index < -0.39 is 0 Å². The van der Waals surface area contributed by atoms with Gasteiger partial charge < -0.3 is 9.63 Å². The molecule has 0 aliphatic carbocycles. The molecule has 1 aromatic heterocycles. The summed E-state index contributed by atoms with van der Waals surface area (Å²) in [5.41, 5.74) is 1.74. The zero-order valence-electron chi connectivity index (χ0n) is 7.88. The third-order valence-electron chi connectivity index (χ3n) is 2.08. The van der Waals surface area contributed by atoms with E-state index in [4.69, 9.17) is 27.7 Å². The van der Waals surface area contributed by atoms with Crippen molar-refractivity contribution in [3.05, 3.63) is 38.5 Å². The Labute approximate surface area is 110 Å². The zero-order valence-corrected chi connectivity index (χ0v) is 11.0. The molecule has 2 aromatic rings. The predicted molar refractivity (Wildman–Crippen MR) is 65.6 cm³/mol. The molecule has 0 saturated heterocycles. The number of aromatic nitrogens is 1. The minimum absolute atomic E-state index is 0.182. The van der Waals surface area contributed by atoms with Crippen LogP contribution in [0.5, 0.6) is 0 Å². The van der Waals surface area contributed by atoms with E-state index in [0.29, 0.717) is 31.5 Å². The van der Waals surface area contributed by atoms with Gasteiger partial charge in [-0.3, -0.25) is 0 Å². The van der Waals surface area contributed by atoms with Gasteiger partial charge in [-0.15, -0.1) is 0 Å². The van der Waals surface area contributed by atoms with E-state index in [-0.39, 0.29) is 6.61 Å². The molecule has 84 valence electrons. The molecule has 0 aliphatic rings. The fraction of sp³-hybridized carbons (Fsp3) is 0.100. The first-order valence-corrected chi connectivity index (χ1v) is 5.88. The number of rotatable bonds is 2.